The van der Waals surface area contributed by atoms with Gasteiger partial charge in [-0.25, -0.2) is 0 Å². The predicted molar refractivity (Wildman–Crippen MR) is 86.8 cm³/mol. The smallest absolute Gasteiger partial charge is 0.0105 e. The molecule has 0 aliphatic heterocycles. The summed E-state index contributed by atoms with van der Waals surface area (Å²) in [7, 11) is 4.30. The molecule has 0 aromatic heterocycles. The molecule has 3 heteroatoms. The second-order valence-corrected chi connectivity index (χ2v) is 7.13. The third-order valence-electron chi connectivity index (χ3n) is 3.81. The van der Waals surface area contributed by atoms with E-state index in [1.165, 1.54) is 19.5 Å². The molecule has 2 unspecified atom stereocenters. The SMILES string of the molecule is CCN(CCCN(C)C)C(C)C(C)CNC(C)(C)C. The zero-order chi connectivity index (χ0) is 15.1. The van der Waals surface area contributed by atoms with Gasteiger partial charge >= 0.3 is 0 Å². The highest BCUT2D eigenvalue weighted by atomic mass is 15.2. The lowest BCUT2D eigenvalue weighted by Gasteiger charge is -2.34. The average molecular weight is 271 g/mol. The highest BCUT2D eigenvalue weighted by molar-refractivity contribution is 4.78. The van der Waals surface area contributed by atoms with E-state index < -0.39 is 0 Å². The zero-order valence-corrected chi connectivity index (χ0v) is 14.6. The molecule has 19 heavy (non-hydrogen) atoms. The minimum Gasteiger partial charge on any atom is -0.312 e. The maximum Gasteiger partial charge on any atom is 0.0105 e. The lowest BCUT2D eigenvalue weighted by Crippen LogP contribution is -2.45. The van der Waals surface area contributed by atoms with Crippen molar-refractivity contribution in [2.24, 2.45) is 5.92 Å². The predicted octanol–water partition coefficient (Wildman–Crippen LogP) is 2.67. The molecule has 0 saturated heterocycles. The van der Waals surface area contributed by atoms with Crippen LogP contribution in [0.2, 0.25) is 0 Å². The molecule has 0 aliphatic rings. The summed E-state index contributed by atoms with van der Waals surface area (Å²) in [5.41, 5.74) is 0.218. The highest BCUT2D eigenvalue weighted by Gasteiger charge is 2.20. The topological polar surface area (TPSA) is 18.5 Å². The van der Waals surface area contributed by atoms with Crippen LogP contribution in [0.25, 0.3) is 0 Å². The van der Waals surface area contributed by atoms with E-state index in [-0.39, 0.29) is 5.54 Å². The molecule has 0 spiro atoms. The van der Waals surface area contributed by atoms with Gasteiger partial charge in [-0.15, -0.1) is 0 Å². The van der Waals surface area contributed by atoms with Crippen molar-refractivity contribution in [2.45, 2.75) is 59.5 Å². The van der Waals surface area contributed by atoms with Crippen LogP contribution < -0.4 is 5.32 Å². The van der Waals surface area contributed by atoms with E-state index in [1.807, 2.05) is 0 Å². The number of nitrogens with zero attached hydrogens (tertiary/aromatic N) is 2. The van der Waals surface area contributed by atoms with Gasteiger partial charge in [0.1, 0.15) is 0 Å². The second kappa shape index (κ2) is 8.93. The van der Waals surface area contributed by atoms with E-state index in [0.717, 1.165) is 13.1 Å². The minimum atomic E-state index is 0.218. The van der Waals surface area contributed by atoms with Crippen molar-refractivity contribution in [1.82, 2.24) is 15.1 Å². The zero-order valence-electron chi connectivity index (χ0n) is 14.6. The summed E-state index contributed by atoms with van der Waals surface area (Å²) >= 11 is 0. The van der Waals surface area contributed by atoms with E-state index in [1.54, 1.807) is 0 Å². The standard InChI is InChI=1S/C16H37N3/c1-9-19(12-10-11-18(7)8)15(3)14(2)13-17-16(4,5)6/h14-15,17H,9-13H2,1-8H3. The largest absolute Gasteiger partial charge is 0.312 e. The molecule has 0 bridgehead atoms. The molecule has 0 aromatic rings. The normalized spacial score (nSPS) is 16.1. The van der Waals surface area contributed by atoms with Crippen molar-refractivity contribution in [1.29, 1.82) is 0 Å². The lowest BCUT2D eigenvalue weighted by molar-refractivity contribution is 0.156. The number of hydrogen-bond donors (Lipinski definition) is 1. The fraction of sp³-hybridized carbons (Fsp3) is 1.00. The molecule has 0 fully saturated rings. The first-order chi connectivity index (χ1) is 8.67. The summed E-state index contributed by atoms with van der Waals surface area (Å²) in [6, 6.07) is 0.641. The summed E-state index contributed by atoms with van der Waals surface area (Å²) in [5.74, 6) is 0.679. The first kappa shape index (κ1) is 18.9. The second-order valence-electron chi connectivity index (χ2n) is 7.13. The molecule has 0 aliphatic carbocycles. The fourth-order valence-electron chi connectivity index (χ4n) is 2.24. The summed E-state index contributed by atoms with van der Waals surface area (Å²) < 4.78 is 0. The van der Waals surface area contributed by atoms with Crippen molar-refractivity contribution in [3.8, 4) is 0 Å². The number of nitrogens with one attached hydrogen (secondary N) is 1. The van der Waals surface area contributed by atoms with Crippen LogP contribution in [0.1, 0.15) is 48.0 Å². The summed E-state index contributed by atoms with van der Waals surface area (Å²) in [4.78, 5) is 4.88. The lowest BCUT2D eigenvalue weighted by atomic mass is 9.99. The Morgan fingerprint density at radius 1 is 1.05 bits per heavy atom. The minimum absolute atomic E-state index is 0.218. The highest BCUT2D eigenvalue weighted by Crippen LogP contribution is 2.12. The van der Waals surface area contributed by atoms with E-state index in [2.05, 4.69) is 70.8 Å². The van der Waals surface area contributed by atoms with Crippen LogP contribution in [-0.2, 0) is 0 Å². The van der Waals surface area contributed by atoms with Gasteiger partial charge in [0.25, 0.3) is 0 Å². The van der Waals surface area contributed by atoms with Gasteiger partial charge in [0.2, 0.25) is 0 Å². The molecular formula is C16H37N3. The van der Waals surface area contributed by atoms with E-state index >= 15 is 0 Å². The van der Waals surface area contributed by atoms with Crippen LogP contribution in [0.5, 0.6) is 0 Å². The molecule has 116 valence electrons. The van der Waals surface area contributed by atoms with Gasteiger partial charge in [-0.2, -0.15) is 0 Å². The molecule has 2 atom stereocenters. The first-order valence-corrected chi connectivity index (χ1v) is 7.81. The van der Waals surface area contributed by atoms with Crippen LogP contribution in [0.15, 0.2) is 0 Å². The van der Waals surface area contributed by atoms with E-state index in [9.17, 15) is 0 Å². The van der Waals surface area contributed by atoms with Gasteiger partial charge in [0.15, 0.2) is 0 Å². The quantitative estimate of drug-likeness (QED) is 0.695. The van der Waals surface area contributed by atoms with E-state index in [0.29, 0.717) is 12.0 Å². The summed E-state index contributed by atoms with van der Waals surface area (Å²) in [6.07, 6.45) is 1.25. The van der Waals surface area contributed by atoms with E-state index in [4.69, 9.17) is 0 Å². The number of hydrogen-bond acceptors (Lipinski definition) is 3. The van der Waals surface area contributed by atoms with Crippen molar-refractivity contribution in [3.05, 3.63) is 0 Å². The maximum absolute atomic E-state index is 3.62. The Morgan fingerprint density at radius 2 is 1.63 bits per heavy atom. The molecular weight excluding hydrogens is 234 g/mol. The van der Waals surface area contributed by atoms with Crippen LogP contribution in [0.4, 0.5) is 0 Å². The van der Waals surface area contributed by atoms with Gasteiger partial charge in [0, 0.05) is 11.6 Å². The first-order valence-electron chi connectivity index (χ1n) is 7.81. The Bertz CT molecular complexity index is 221. The Balaban J connectivity index is 4.13. The molecule has 1 N–H and O–H groups in total. The molecule has 0 heterocycles. The Hall–Kier alpha value is -0.120. The molecule has 0 aromatic carbocycles. The van der Waals surface area contributed by atoms with Crippen LogP contribution in [0.3, 0.4) is 0 Å². The third kappa shape index (κ3) is 9.42. The van der Waals surface area contributed by atoms with Crippen LogP contribution >= 0.6 is 0 Å². The molecule has 0 saturated carbocycles. The average Bonchev–Trinajstić information content (AvgIpc) is 2.29. The van der Waals surface area contributed by atoms with Gasteiger partial charge in [0.05, 0.1) is 0 Å². The molecule has 0 radical (unpaired) electrons. The fourth-order valence-corrected chi connectivity index (χ4v) is 2.24. The molecule has 0 rings (SSSR count). The van der Waals surface area contributed by atoms with Crippen molar-refractivity contribution in [2.75, 3.05) is 40.3 Å². The molecule has 0 amide bonds. The number of rotatable bonds is 9. The summed E-state index contributed by atoms with van der Waals surface area (Å²) in [6.45, 7) is 18.3. The Morgan fingerprint density at radius 3 is 2.05 bits per heavy atom. The van der Waals surface area contributed by atoms with Crippen molar-refractivity contribution in [3.63, 3.8) is 0 Å². The van der Waals surface area contributed by atoms with Crippen LogP contribution in [-0.4, -0.2) is 61.7 Å². The third-order valence-corrected chi connectivity index (χ3v) is 3.81. The monoisotopic (exact) mass is 271 g/mol. The Kier molecular flexibility index (Phi) is 8.88. The van der Waals surface area contributed by atoms with Gasteiger partial charge in [-0.05, 0) is 80.3 Å². The van der Waals surface area contributed by atoms with Crippen molar-refractivity contribution >= 4 is 0 Å². The van der Waals surface area contributed by atoms with Gasteiger partial charge in [-0.3, -0.25) is 0 Å². The van der Waals surface area contributed by atoms with Crippen molar-refractivity contribution < 1.29 is 0 Å². The van der Waals surface area contributed by atoms with Gasteiger partial charge in [-0.1, -0.05) is 13.8 Å². The molecule has 3 nitrogen and oxygen atoms in total. The maximum atomic E-state index is 3.62. The van der Waals surface area contributed by atoms with Crippen LogP contribution in [0, 0.1) is 5.92 Å². The Labute approximate surface area is 121 Å². The summed E-state index contributed by atoms with van der Waals surface area (Å²) in [5, 5.41) is 3.62. The van der Waals surface area contributed by atoms with Gasteiger partial charge < -0.3 is 15.1 Å².